The summed E-state index contributed by atoms with van der Waals surface area (Å²) in [4.78, 5) is 12.0. The molecule has 0 saturated heterocycles. The number of ether oxygens (including phenoxy) is 1. The molecular formula is C15H15F3N2O2. The topological polar surface area (TPSA) is 62.1 Å². The fourth-order valence-electron chi connectivity index (χ4n) is 1.54. The second-order valence-electron chi connectivity index (χ2n) is 4.55. The van der Waals surface area contributed by atoms with Gasteiger partial charge < -0.3 is 10.1 Å². The lowest BCUT2D eigenvalue weighted by Crippen LogP contribution is -2.28. The third-order valence-electron chi connectivity index (χ3n) is 2.70. The molecule has 1 aromatic carbocycles. The first kappa shape index (κ1) is 17.6. The van der Waals surface area contributed by atoms with E-state index in [0.717, 1.165) is 18.2 Å². The summed E-state index contributed by atoms with van der Waals surface area (Å²) in [6.45, 7) is 5.11. The number of nitrogens with zero attached hydrogens (tertiary/aromatic N) is 1. The van der Waals surface area contributed by atoms with Crippen molar-refractivity contribution in [1.82, 2.24) is 5.32 Å². The largest absolute Gasteiger partial charge is 0.489 e. The van der Waals surface area contributed by atoms with Crippen LogP contribution in [0.1, 0.15) is 22.8 Å². The van der Waals surface area contributed by atoms with E-state index < -0.39 is 23.6 Å². The summed E-state index contributed by atoms with van der Waals surface area (Å²) in [5, 5.41) is 11.1. The molecule has 1 amide bonds. The SMILES string of the molecule is C=CCOc1ccc(C(F)(F)F)cc1C(=O)NC[C@@H](C)C#N. The first-order valence-electron chi connectivity index (χ1n) is 6.42. The highest BCUT2D eigenvalue weighted by Gasteiger charge is 2.32. The van der Waals surface area contributed by atoms with Crippen molar-refractivity contribution in [1.29, 1.82) is 5.26 Å². The van der Waals surface area contributed by atoms with Crippen LogP contribution in [0.15, 0.2) is 30.9 Å². The van der Waals surface area contributed by atoms with Gasteiger partial charge in [-0.1, -0.05) is 12.7 Å². The van der Waals surface area contributed by atoms with E-state index in [2.05, 4.69) is 11.9 Å². The molecule has 0 heterocycles. The van der Waals surface area contributed by atoms with Crippen molar-refractivity contribution in [2.75, 3.05) is 13.2 Å². The molecule has 0 aliphatic rings. The summed E-state index contributed by atoms with van der Waals surface area (Å²) in [5.74, 6) is -1.16. The smallest absolute Gasteiger partial charge is 0.416 e. The van der Waals surface area contributed by atoms with E-state index in [1.807, 2.05) is 6.07 Å². The van der Waals surface area contributed by atoms with Crippen LogP contribution in [0.25, 0.3) is 0 Å². The second-order valence-corrected chi connectivity index (χ2v) is 4.55. The zero-order valence-electron chi connectivity index (χ0n) is 11.9. The van der Waals surface area contributed by atoms with Gasteiger partial charge in [0.25, 0.3) is 5.91 Å². The molecule has 0 fully saturated rings. The number of carbonyl (C=O) groups excluding carboxylic acids is 1. The standard InChI is InChI=1S/C15H15F3N2O2/c1-3-6-22-13-5-4-11(15(16,17)18)7-12(13)14(21)20-9-10(2)8-19/h3-5,7,10H,1,6,9H2,2H3,(H,20,21)/t10-/m0/s1. The zero-order chi connectivity index (χ0) is 16.8. The summed E-state index contributed by atoms with van der Waals surface area (Å²) in [6.07, 6.45) is -3.15. The first-order chi connectivity index (χ1) is 10.3. The van der Waals surface area contributed by atoms with E-state index >= 15 is 0 Å². The quantitative estimate of drug-likeness (QED) is 0.821. The van der Waals surface area contributed by atoms with Crippen LogP contribution in [0.5, 0.6) is 5.75 Å². The van der Waals surface area contributed by atoms with Crippen LogP contribution in [-0.2, 0) is 6.18 Å². The molecule has 0 saturated carbocycles. The molecule has 118 valence electrons. The maximum absolute atomic E-state index is 12.8. The van der Waals surface area contributed by atoms with Crippen LogP contribution in [0, 0.1) is 17.2 Å². The van der Waals surface area contributed by atoms with Gasteiger partial charge in [-0.3, -0.25) is 4.79 Å². The van der Waals surface area contributed by atoms with E-state index in [9.17, 15) is 18.0 Å². The predicted molar refractivity (Wildman–Crippen MR) is 74.2 cm³/mol. The van der Waals surface area contributed by atoms with Crippen molar-refractivity contribution in [2.45, 2.75) is 13.1 Å². The molecule has 4 nitrogen and oxygen atoms in total. The Morgan fingerprint density at radius 1 is 1.55 bits per heavy atom. The van der Waals surface area contributed by atoms with E-state index in [1.54, 1.807) is 6.92 Å². The van der Waals surface area contributed by atoms with Crippen LogP contribution in [0.4, 0.5) is 13.2 Å². The molecule has 0 bridgehead atoms. The van der Waals surface area contributed by atoms with Gasteiger partial charge in [0.2, 0.25) is 0 Å². The van der Waals surface area contributed by atoms with Gasteiger partial charge in [-0.15, -0.1) is 0 Å². The number of benzene rings is 1. The average molecular weight is 312 g/mol. The molecule has 0 aliphatic heterocycles. The third-order valence-corrected chi connectivity index (χ3v) is 2.70. The second kappa shape index (κ2) is 7.50. The van der Waals surface area contributed by atoms with Crippen LogP contribution >= 0.6 is 0 Å². The minimum absolute atomic E-state index is 0.0232. The Balaban J connectivity index is 3.07. The molecule has 1 atom stereocenters. The Morgan fingerprint density at radius 2 is 2.23 bits per heavy atom. The Hall–Kier alpha value is -2.49. The summed E-state index contributed by atoms with van der Waals surface area (Å²) in [7, 11) is 0. The number of carbonyl (C=O) groups is 1. The Morgan fingerprint density at radius 3 is 2.77 bits per heavy atom. The fourth-order valence-corrected chi connectivity index (χ4v) is 1.54. The molecular weight excluding hydrogens is 297 g/mol. The van der Waals surface area contributed by atoms with Gasteiger partial charge in [-0.2, -0.15) is 18.4 Å². The highest BCUT2D eigenvalue weighted by molar-refractivity contribution is 5.97. The normalized spacial score (nSPS) is 12.1. The number of alkyl halides is 3. The zero-order valence-corrected chi connectivity index (χ0v) is 11.9. The minimum Gasteiger partial charge on any atom is -0.489 e. The van der Waals surface area contributed by atoms with Crippen LogP contribution in [-0.4, -0.2) is 19.1 Å². The number of amides is 1. The number of hydrogen-bond acceptors (Lipinski definition) is 3. The van der Waals surface area contributed by atoms with Crippen LogP contribution in [0.3, 0.4) is 0 Å². The molecule has 1 rings (SSSR count). The molecule has 7 heteroatoms. The van der Waals surface area contributed by atoms with Crippen molar-refractivity contribution < 1.29 is 22.7 Å². The Kier molecular flexibility index (Phi) is 5.99. The molecule has 0 aliphatic carbocycles. The van der Waals surface area contributed by atoms with Gasteiger partial charge in [0, 0.05) is 6.54 Å². The van der Waals surface area contributed by atoms with Crippen molar-refractivity contribution in [3.63, 3.8) is 0 Å². The maximum Gasteiger partial charge on any atom is 0.416 e. The summed E-state index contributed by atoms with van der Waals surface area (Å²) < 4.78 is 43.5. The Bertz CT molecular complexity index is 591. The van der Waals surface area contributed by atoms with Gasteiger partial charge in [0.15, 0.2) is 0 Å². The molecule has 0 spiro atoms. The summed E-state index contributed by atoms with van der Waals surface area (Å²) in [5.41, 5.74) is -1.18. The highest BCUT2D eigenvalue weighted by atomic mass is 19.4. The Labute approximate surface area is 126 Å². The van der Waals surface area contributed by atoms with Gasteiger partial charge >= 0.3 is 6.18 Å². The summed E-state index contributed by atoms with van der Waals surface area (Å²) in [6, 6.07) is 4.58. The molecule has 22 heavy (non-hydrogen) atoms. The molecule has 1 aromatic rings. The van der Waals surface area contributed by atoms with E-state index in [-0.39, 0.29) is 24.5 Å². The predicted octanol–water partition coefficient (Wildman–Crippen LogP) is 3.16. The maximum atomic E-state index is 12.8. The summed E-state index contributed by atoms with van der Waals surface area (Å²) >= 11 is 0. The molecule has 0 aromatic heterocycles. The number of rotatable bonds is 6. The van der Waals surface area contributed by atoms with Crippen molar-refractivity contribution in [3.05, 3.63) is 42.0 Å². The number of halogens is 3. The highest BCUT2D eigenvalue weighted by Crippen LogP contribution is 2.32. The number of nitrogens with one attached hydrogen (secondary N) is 1. The molecule has 0 unspecified atom stereocenters. The lowest BCUT2D eigenvalue weighted by atomic mass is 10.1. The number of hydrogen-bond donors (Lipinski definition) is 1. The third kappa shape index (κ3) is 4.81. The van der Waals surface area contributed by atoms with E-state index in [0.29, 0.717) is 0 Å². The first-order valence-corrected chi connectivity index (χ1v) is 6.42. The average Bonchev–Trinajstić information content (AvgIpc) is 2.48. The van der Waals surface area contributed by atoms with Crippen LogP contribution in [0.2, 0.25) is 0 Å². The van der Waals surface area contributed by atoms with Crippen molar-refractivity contribution in [2.24, 2.45) is 5.92 Å². The van der Waals surface area contributed by atoms with Gasteiger partial charge in [-0.25, -0.2) is 0 Å². The molecule has 1 N–H and O–H groups in total. The fraction of sp³-hybridized carbons (Fsp3) is 0.333. The minimum atomic E-state index is -4.56. The van der Waals surface area contributed by atoms with Crippen molar-refractivity contribution >= 4 is 5.91 Å². The number of nitriles is 1. The van der Waals surface area contributed by atoms with Gasteiger partial charge in [0.05, 0.1) is 23.1 Å². The van der Waals surface area contributed by atoms with Gasteiger partial charge in [0.1, 0.15) is 12.4 Å². The monoisotopic (exact) mass is 312 g/mol. The van der Waals surface area contributed by atoms with Gasteiger partial charge in [-0.05, 0) is 25.1 Å². The van der Waals surface area contributed by atoms with E-state index in [1.165, 1.54) is 6.08 Å². The lowest BCUT2D eigenvalue weighted by molar-refractivity contribution is -0.137. The van der Waals surface area contributed by atoms with Crippen molar-refractivity contribution in [3.8, 4) is 11.8 Å². The lowest BCUT2D eigenvalue weighted by Gasteiger charge is -2.14. The van der Waals surface area contributed by atoms with E-state index in [4.69, 9.17) is 10.00 Å². The van der Waals surface area contributed by atoms with Crippen LogP contribution < -0.4 is 10.1 Å². The molecule has 0 radical (unpaired) electrons.